The van der Waals surface area contributed by atoms with Gasteiger partial charge in [0, 0.05) is 20.3 Å². The topological polar surface area (TPSA) is 95.2 Å². The van der Waals surface area contributed by atoms with Crippen LogP contribution in [0.1, 0.15) is 24.5 Å². The maximum Gasteiger partial charge on any atom is 0.332 e. The van der Waals surface area contributed by atoms with Crippen LogP contribution in [-0.4, -0.2) is 26.6 Å². The number of aromatic nitrogens is 3. The molecule has 8 heteroatoms. The number of fused-ring (bicyclic) bond motifs is 1. The van der Waals surface area contributed by atoms with Crippen LogP contribution in [0.3, 0.4) is 0 Å². The van der Waals surface area contributed by atoms with Crippen molar-refractivity contribution < 1.29 is 9.53 Å². The van der Waals surface area contributed by atoms with E-state index in [1.807, 2.05) is 26.0 Å². The number of ether oxygens (including phenoxy) is 1. The number of amides is 1. The van der Waals surface area contributed by atoms with Gasteiger partial charge in [0.25, 0.3) is 11.5 Å². The minimum atomic E-state index is -0.497. The van der Waals surface area contributed by atoms with Crippen LogP contribution < -0.4 is 21.3 Å². The molecule has 8 nitrogen and oxygen atoms in total. The molecule has 2 aromatic heterocycles. The van der Waals surface area contributed by atoms with E-state index >= 15 is 0 Å². The van der Waals surface area contributed by atoms with Gasteiger partial charge < -0.3 is 10.1 Å². The third-order valence-electron chi connectivity index (χ3n) is 4.72. The number of aryl methyl sites for hydroxylation is 3. The molecule has 0 aliphatic heterocycles. The highest BCUT2D eigenvalue weighted by Crippen LogP contribution is 2.24. The highest BCUT2D eigenvalue weighted by molar-refractivity contribution is 6.01. The summed E-state index contributed by atoms with van der Waals surface area (Å²) in [5.74, 6) is 0.184. The Morgan fingerprint density at radius 1 is 1.14 bits per heavy atom. The minimum Gasteiger partial charge on any atom is -0.484 e. The molecule has 0 atom stereocenters. The number of benzene rings is 1. The van der Waals surface area contributed by atoms with Crippen molar-refractivity contribution in [2.24, 2.45) is 14.1 Å². The van der Waals surface area contributed by atoms with E-state index in [2.05, 4.69) is 10.3 Å². The zero-order valence-electron chi connectivity index (χ0n) is 17.0. The van der Waals surface area contributed by atoms with Gasteiger partial charge in [-0.05, 0) is 31.0 Å². The standard InChI is InChI=1S/C21H24N4O4/c1-5-6-14-11-22-19-17(20(27)25(4)21(28)24(19)3)18(14)23-16(26)12-29-15-9-7-13(2)8-10-15/h7-11H,5-6,12H2,1-4H3,(H,22,23,26). The van der Waals surface area contributed by atoms with E-state index in [0.717, 1.165) is 22.1 Å². The largest absolute Gasteiger partial charge is 0.484 e. The van der Waals surface area contributed by atoms with Gasteiger partial charge in [-0.3, -0.25) is 18.7 Å². The molecule has 152 valence electrons. The lowest BCUT2D eigenvalue weighted by Gasteiger charge is -2.15. The molecule has 0 saturated carbocycles. The van der Waals surface area contributed by atoms with Gasteiger partial charge in [-0.15, -0.1) is 0 Å². The third kappa shape index (κ3) is 4.06. The first-order valence-corrected chi connectivity index (χ1v) is 9.40. The van der Waals surface area contributed by atoms with E-state index in [1.54, 1.807) is 25.4 Å². The number of hydrogen-bond acceptors (Lipinski definition) is 5. The van der Waals surface area contributed by atoms with Crippen LogP contribution >= 0.6 is 0 Å². The van der Waals surface area contributed by atoms with E-state index < -0.39 is 17.2 Å². The number of nitrogens with zero attached hydrogens (tertiary/aromatic N) is 3. The van der Waals surface area contributed by atoms with Crippen molar-refractivity contribution in [3.05, 3.63) is 62.4 Å². The molecule has 0 bridgehead atoms. The summed E-state index contributed by atoms with van der Waals surface area (Å²) in [4.78, 5) is 41.9. The lowest BCUT2D eigenvalue weighted by molar-refractivity contribution is -0.118. The molecule has 0 saturated heterocycles. The number of hydrogen-bond donors (Lipinski definition) is 1. The number of carbonyl (C=O) groups is 1. The van der Waals surface area contributed by atoms with E-state index in [0.29, 0.717) is 17.9 Å². The molecule has 2 heterocycles. The summed E-state index contributed by atoms with van der Waals surface area (Å²) in [7, 11) is 2.95. The number of carbonyl (C=O) groups excluding carboxylic acids is 1. The summed E-state index contributed by atoms with van der Waals surface area (Å²) >= 11 is 0. The highest BCUT2D eigenvalue weighted by atomic mass is 16.5. The monoisotopic (exact) mass is 396 g/mol. The molecule has 1 aromatic carbocycles. The molecule has 0 spiro atoms. The van der Waals surface area contributed by atoms with E-state index in [4.69, 9.17) is 4.74 Å². The Kier molecular flexibility index (Phi) is 5.81. The van der Waals surface area contributed by atoms with Gasteiger partial charge in [-0.25, -0.2) is 9.78 Å². The second-order valence-corrected chi connectivity index (χ2v) is 6.96. The van der Waals surface area contributed by atoms with Crippen LogP contribution in [0.4, 0.5) is 5.69 Å². The maximum atomic E-state index is 12.8. The second kappa shape index (κ2) is 8.30. The first-order chi connectivity index (χ1) is 13.8. The molecule has 0 aliphatic rings. The Morgan fingerprint density at radius 3 is 2.48 bits per heavy atom. The molecule has 3 rings (SSSR count). The van der Waals surface area contributed by atoms with Gasteiger partial charge in [-0.2, -0.15) is 0 Å². The predicted molar refractivity (Wildman–Crippen MR) is 112 cm³/mol. The van der Waals surface area contributed by atoms with Gasteiger partial charge in [0.15, 0.2) is 12.3 Å². The fourth-order valence-corrected chi connectivity index (χ4v) is 3.13. The molecule has 0 aliphatic carbocycles. The number of nitrogens with one attached hydrogen (secondary N) is 1. The van der Waals surface area contributed by atoms with Gasteiger partial charge in [0.05, 0.1) is 5.69 Å². The lowest BCUT2D eigenvalue weighted by atomic mass is 10.1. The predicted octanol–water partition coefficient (Wildman–Crippen LogP) is 1.91. The zero-order chi connectivity index (χ0) is 21.1. The van der Waals surface area contributed by atoms with Crippen molar-refractivity contribution >= 4 is 22.6 Å². The first kappa shape index (κ1) is 20.3. The Balaban J connectivity index is 1.98. The first-order valence-electron chi connectivity index (χ1n) is 9.40. The van der Waals surface area contributed by atoms with Gasteiger partial charge in [0.1, 0.15) is 11.1 Å². The molecule has 1 amide bonds. The SMILES string of the molecule is CCCc1cnc2c(c1NC(=O)COc1ccc(C)cc1)c(=O)n(C)c(=O)n2C. The van der Waals surface area contributed by atoms with E-state index in [-0.39, 0.29) is 17.6 Å². The average Bonchev–Trinajstić information content (AvgIpc) is 2.71. The van der Waals surface area contributed by atoms with E-state index in [1.165, 1.54) is 11.6 Å². The molecule has 29 heavy (non-hydrogen) atoms. The molecular weight excluding hydrogens is 372 g/mol. The van der Waals surface area contributed by atoms with Gasteiger partial charge in [-0.1, -0.05) is 31.0 Å². The summed E-state index contributed by atoms with van der Waals surface area (Å²) in [5, 5.41) is 3.01. The van der Waals surface area contributed by atoms with Crippen molar-refractivity contribution in [3.63, 3.8) is 0 Å². The molecular formula is C21H24N4O4. The average molecular weight is 396 g/mol. The smallest absolute Gasteiger partial charge is 0.332 e. The zero-order valence-corrected chi connectivity index (χ0v) is 17.0. The molecule has 3 aromatic rings. The summed E-state index contributed by atoms with van der Waals surface area (Å²) in [6.45, 7) is 3.76. The Hall–Kier alpha value is -3.42. The van der Waals surface area contributed by atoms with Crippen molar-refractivity contribution in [3.8, 4) is 5.75 Å². The second-order valence-electron chi connectivity index (χ2n) is 6.96. The van der Waals surface area contributed by atoms with Crippen molar-refractivity contribution in [1.82, 2.24) is 14.1 Å². The molecule has 0 radical (unpaired) electrons. The van der Waals surface area contributed by atoms with Crippen LogP contribution in [0.15, 0.2) is 40.1 Å². The van der Waals surface area contributed by atoms with E-state index in [9.17, 15) is 14.4 Å². The third-order valence-corrected chi connectivity index (χ3v) is 4.72. The quantitative estimate of drug-likeness (QED) is 0.687. The Morgan fingerprint density at radius 2 is 1.83 bits per heavy atom. The minimum absolute atomic E-state index is 0.204. The van der Waals surface area contributed by atoms with Crippen molar-refractivity contribution in [2.75, 3.05) is 11.9 Å². The highest BCUT2D eigenvalue weighted by Gasteiger charge is 2.18. The Labute approximate surface area is 167 Å². The summed E-state index contributed by atoms with van der Waals surface area (Å²) in [6, 6.07) is 7.37. The maximum absolute atomic E-state index is 12.8. The van der Waals surface area contributed by atoms with Crippen LogP contribution in [0, 0.1) is 6.92 Å². The van der Waals surface area contributed by atoms with Crippen molar-refractivity contribution in [2.45, 2.75) is 26.7 Å². The fourth-order valence-electron chi connectivity index (χ4n) is 3.13. The number of rotatable bonds is 6. The Bertz CT molecular complexity index is 1180. The lowest BCUT2D eigenvalue weighted by Crippen LogP contribution is -2.38. The van der Waals surface area contributed by atoms with Gasteiger partial charge >= 0.3 is 5.69 Å². The molecule has 0 fully saturated rings. The number of pyridine rings is 1. The normalized spacial score (nSPS) is 10.9. The fraction of sp³-hybridized carbons (Fsp3) is 0.333. The summed E-state index contributed by atoms with van der Waals surface area (Å²) < 4.78 is 7.85. The van der Waals surface area contributed by atoms with Crippen LogP contribution in [0.5, 0.6) is 5.75 Å². The van der Waals surface area contributed by atoms with Gasteiger partial charge in [0.2, 0.25) is 0 Å². The van der Waals surface area contributed by atoms with Crippen LogP contribution in [0.25, 0.3) is 11.0 Å². The van der Waals surface area contributed by atoms with Crippen molar-refractivity contribution in [1.29, 1.82) is 0 Å². The van der Waals surface area contributed by atoms with Crippen LogP contribution in [-0.2, 0) is 25.3 Å². The molecule has 1 N–H and O–H groups in total. The molecule has 0 unspecified atom stereocenters. The summed E-state index contributed by atoms with van der Waals surface area (Å²) in [6.07, 6.45) is 3.03. The van der Waals surface area contributed by atoms with Crippen LogP contribution in [0.2, 0.25) is 0 Å². The summed E-state index contributed by atoms with van der Waals surface area (Å²) in [5.41, 5.74) is 1.47. The number of anilines is 1.